The van der Waals surface area contributed by atoms with Gasteiger partial charge in [0.05, 0.1) is 5.69 Å². The highest BCUT2D eigenvalue weighted by Gasteiger charge is 2.17. The van der Waals surface area contributed by atoms with Crippen LogP contribution in [0.3, 0.4) is 0 Å². The van der Waals surface area contributed by atoms with Crippen LogP contribution in [0.1, 0.15) is 38.0 Å². The molecule has 0 N–H and O–H groups in total. The third-order valence-corrected chi connectivity index (χ3v) is 4.45. The molecule has 1 aliphatic carbocycles. The second-order valence-corrected chi connectivity index (χ2v) is 6.23. The molecule has 25 heavy (non-hydrogen) atoms. The maximum Gasteiger partial charge on any atom is 0.286 e. The van der Waals surface area contributed by atoms with Gasteiger partial charge in [-0.2, -0.15) is 10.1 Å². The summed E-state index contributed by atoms with van der Waals surface area (Å²) < 4.78 is 21.1. The van der Waals surface area contributed by atoms with Gasteiger partial charge >= 0.3 is 0 Å². The fraction of sp³-hybridized carbons (Fsp3) is 0.333. The maximum absolute atomic E-state index is 14.4. The lowest BCUT2D eigenvalue weighted by Crippen LogP contribution is -2.03. The minimum absolute atomic E-state index is 0.0632. The minimum atomic E-state index is -0.432. The van der Waals surface area contributed by atoms with Gasteiger partial charge in [-0.3, -0.25) is 0 Å². The third-order valence-electron chi connectivity index (χ3n) is 4.45. The monoisotopic (exact) mass is 339 g/mol. The molecule has 128 valence electrons. The molecule has 2 aromatic heterocycles. The normalized spacial score (nSPS) is 16.3. The molecule has 0 saturated heterocycles. The molecule has 4 rings (SSSR count). The largest absolute Gasteiger partial charge is 0.331 e. The standard InChI is InChI=1S/C18H18FN5O/c19-16(9-13-5-2-1-3-6-13)18-22-17(23-25-18)14-7-4-8-15(10-14)24-12-20-11-21-24/h4,7-13H,1-3,5-6H2/b16-9+. The van der Waals surface area contributed by atoms with Gasteiger partial charge in [0.25, 0.3) is 5.89 Å². The van der Waals surface area contributed by atoms with E-state index in [1.165, 1.54) is 12.7 Å². The summed E-state index contributed by atoms with van der Waals surface area (Å²) in [6.07, 6.45) is 10.3. The predicted molar refractivity (Wildman–Crippen MR) is 90.3 cm³/mol. The van der Waals surface area contributed by atoms with Gasteiger partial charge < -0.3 is 4.52 Å². The van der Waals surface area contributed by atoms with Crippen LogP contribution in [0.5, 0.6) is 0 Å². The van der Waals surface area contributed by atoms with E-state index < -0.39 is 5.83 Å². The zero-order chi connectivity index (χ0) is 17.1. The van der Waals surface area contributed by atoms with E-state index in [1.807, 2.05) is 24.3 Å². The van der Waals surface area contributed by atoms with E-state index in [2.05, 4.69) is 20.2 Å². The predicted octanol–water partition coefficient (Wildman–Crippen LogP) is 4.21. The number of benzene rings is 1. The topological polar surface area (TPSA) is 69.6 Å². The fourth-order valence-electron chi connectivity index (χ4n) is 3.15. The second kappa shape index (κ2) is 6.96. The van der Waals surface area contributed by atoms with Crippen molar-refractivity contribution in [3.8, 4) is 17.1 Å². The Balaban J connectivity index is 1.57. The summed E-state index contributed by atoms with van der Waals surface area (Å²) in [7, 11) is 0. The quantitative estimate of drug-likeness (QED) is 0.712. The highest BCUT2D eigenvalue weighted by molar-refractivity contribution is 5.60. The molecule has 7 heteroatoms. The Morgan fingerprint density at radius 1 is 1.24 bits per heavy atom. The van der Waals surface area contributed by atoms with Crippen LogP contribution in [0, 0.1) is 5.92 Å². The van der Waals surface area contributed by atoms with Gasteiger partial charge in [-0.1, -0.05) is 36.6 Å². The number of rotatable bonds is 4. The molecule has 0 aliphatic heterocycles. The van der Waals surface area contributed by atoms with Crippen LogP contribution < -0.4 is 0 Å². The highest BCUT2D eigenvalue weighted by Crippen LogP contribution is 2.29. The average Bonchev–Trinajstić information content (AvgIpc) is 3.35. The van der Waals surface area contributed by atoms with Gasteiger partial charge in [0.1, 0.15) is 12.7 Å². The lowest BCUT2D eigenvalue weighted by molar-refractivity contribution is 0.392. The lowest BCUT2D eigenvalue weighted by Gasteiger charge is -2.17. The van der Waals surface area contributed by atoms with Gasteiger partial charge in [-0.25, -0.2) is 14.1 Å². The number of nitrogens with zero attached hydrogens (tertiary/aromatic N) is 5. The summed E-state index contributed by atoms with van der Waals surface area (Å²) in [6, 6.07) is 7.45. The average molecular weight is 339 g/mol. The molecule has 0 bridgehead atoms. The van der Waals surface area contributed by atoms with Crippen LogP contribution in [0.15, 0.2) is 47.5 Å². The van der Waals surface area contributed by atoms with Crippen molar-refractivity contribution in [2.24, 2.45) is 5.92 Å². The van der Waals surface area contributed by atoms with Crippen molar-refractivity contribution >= 4 is 5.83 Å². The molecule has 1 fully saturated rings. The minimum Gasteiger partial charge on any atom is -0.331 e. The number of hydrogen-bond acceptors (Lipinski definition) is 5. The van der Waals surface area contributed by atoms with Crippen molar-refractivity contribution in [1.82, 2.24) is 24.9 Å². The molecule has 0 amide bonds. The smallest absolute Gasteiger partial charge is 0.286 e. The van der Waals surface area contributed by atoms with E-state index in [0.717, 1.165) is 36.9 Å². The second-order valence-electron chi connectivity index (χ2n) is 6.23. The first-order valence-electron chi connectivity index (χ1n) is 8.46. The van der Waals surface area contributed by atoms with E-state index in [9.17, 15) is 4.39 Å². The van der Waals surface area contributed by atoms with Gasteiger partial charge in [-0.05, 0) is 37.0 Å². The summed E-state index contributed by atoms with van der Waals surface area (Å²) in [5.74, 6) is 0.119. The van der Waals surface area contributed by atoms with Crippen LogP contribution in [0.4, 0.5) is 4.39 Å². The SMILES string of the molecule is F/C(=C/C1CCCCC1)c1nc(-c2cccc(-n3cncn3)c2)no1. The van der Waals surface area contributed by atoms with Gasteiger partial charge in [-0.15, -0.1) is 0 Å². The van der Waals surface area contributed by atoms with Crippen LogP contribution in [0.2, 0.25) is 0 Å². The Labute approximate surface area is 144 Å². The third kappa shape index (κ3) is 3.50. The van der Waals surface area contributed by atoms with Crippen LogP contribution >= 0.6 is 0 Å². The molecule has 0 spiro atoms. The van der Waals surface area contributed by atoms with Crippen molar-refractivity contribution in [2.75, 3.05) is 0 Å². The lowest BCUT2D eigenvalue weighted by atomic mass is 9.89. The molecule has 0 atom stereocenters. The van der Waals surface area contributed by atoms with Crippen molar-refractivity contribution in [2.45, 2.75) is 32.1 Å². The molecule has 6 nitrogen and oxygen atoms in total. The molecule has 1 aliphatic rings. The van der Waals surface area contributed by atoms with Gasteiger partial charge in [0, 0.05) is 5.56 Å². The molecule has 1 aromatic carbocycles. The fourth-order valence-corrected chi connectivity index (χ4v) is 3.15. The number of hydrogen-bond donors (Lipinski definition) is 0. The van der Waals surface area contributed by atoms with Crippen molar-refractivity contribution in [3.05, 3.63) is 48.9 Å². The first-order chi connectivity index (χ1) is 12.3. The molecule has 0 radical (unpaired) electrons. The molecular formula is C18H18FN5O. The molecule has 0 unspecified atom stereocenters. The van der Waals surface area contributed by atoms with E-state index in [-0.39, 0.29) is 11.8 Å². The number of halogens is 1. The van der Waals surface area contributed by atoms with E-state index in [0.29, 0.717) is 5.82 Å². The van der Waals surface area contributed by atoms with Crippen LogP contribution in [0.25, 0.3) is 22.9 Å². The Kier molecular flexibility index (Phi) is 4.37. The van der Waals surface area contributed by atoms with Crippen molar-refractivity contribution in [1.29, 1.82) is 0 Å². The highest BCUT2D eigenvalue weighted by atomic mass is 19.1. The van der Waals surface area contributed by atoms with E-state index in [4.69, 9.17) is 4.52 Å². The summed E-state index contributed by atoms with van der Waals surface area (Å²) >= 11 is 0. The Morgan fingerprint density at radius 3 is 2.92 bits per heavy atom. The molecule has 1 saturated carbocycles. The van der Waals surface area contributed by atoms with E-state index in [1.54, 1.807) is 17.1 Å². The van der Waals surface area contributed by atoms with E-state index >= 15 is 0 Å². The van der Waals surface area contributed by atoms with Crippen molar-refractivity contribution in [3.63, 3.8) is 0 Å². The maximum atomic E-state index is 14.4. The Bertz CT molecular complexity index is 865. The molecule has 3 aromatic rings. The Morgan fingerprint density at radius 2 is 2.12 bits per heavy atom. The summed E-state index contributed by atoms with van der Waals surface area (Å²) in [5, 5.41) is 8.00. The first-order valence-corrected chi connectivity index (χ1v) is 8.46. The van der Waals surface area contributed by atoms with Gasteiger partial charge in [0.2, 0.25) is 5.82 Å². The summed E-state index contributed by atoms with van der Waals surface area (Å²) in [6.45, 7) is 0. The zero-order valence-electron chi connectivity index (χ0n) is 13.7. The molecule has 2 heterocycles. The summed E-state index contributed by atoms with van der Waals surface area (Å²) in [5.41, 5.74) is 1.55. The molecular weight excluding hydrogens is 321 g/mol. The number of aromatic nitrogens is 5. The van der Waals surface area contributed by atoms with Crippen LogP contribution in [-0.2, 0) is 0 Å². The zero-order valence-corrected chi connectivity index (χ0v) is 13.7. The number of allylic oxidation sites excluding steroid dienone is 1. The van der Waals surface area contributed by atoms with Crippen molar-refractivity contribution < 1.29 is 8.91 Å². The van der Waals surface area contributed by atoms with Crippen LogP contribution in [-0.4, -0.2) is 24.9 Å². The first kappa shape index (κ1) is 15.7. The summed E-state index contributed by atoms with van der Waals surface area (Å²) in [4.78, 5) is 8.13. The van der Waals surface area contributed by atoms with Gasteiger partial charge in [0.15, 0.2) is 5.83 Å². The Hall–Kier alpha value is -2.83.